The van der Waals surface area contributed by atoms with Gasteiger partial charge >= 0.3 is 6.18 Å². The van der Waals surface area contributed by atoms with E-state index in [-0.39, 0.29) is 20.8 Å². The largest absolute Gasteiger partial charge is 0.427 e. The molecule has 138 heavy (non-hydrogen) atoms. The van der Waals surface area contributed by atoms with Gasteiger partial charge in [-0.05, 0) is 232 Å². The molecule has 2 aliphatic rings. The average Bonchev–Trinajstić information content (AvgIpc) is 0.966. The number of aliphatic hydroxyl groups is 1. The number of alkyl halides is 3. The maximum Gasteiger partial charge on any atom is 0.427 e. The van der Waals surface area contributed by atoms with Crippen molar-refractivity contribution in [2.45, 2.75) is 33.3 Å². The van der Waals surface area contributed by atoms with E-state index in [1.54, 1.807) is 59.8 Å². The van der Waals surface area contributed by atoms with E-state index in [1.165, 1.54) is 93.8 Å². The van der Waals surface area contributed by atoms with Gasteiger partial charge < -0.3 is 5.11 Å². The number of pyridine rings is 4. The van der Waals surface area contributed by atoms with Gasteiger partial charge in [-0.15, -0.1) is 47.0 Å². The first-order chi connectivity index (χ1) is 67.7. The number of nitrogens with zero attached hydrogens (tertiary/aromatic N) is 14. The van der Waals surface area contributed by atoms with Gasteiger partial charge in [0.2, 0.25) is 11.4 Å². The SMILES string of the molecule is Clc1nccc2ccccc12.O=C(c1ccc2c(cnn2-c2ccccc2)c1)c1nccc2ccccc12.O=Cc1ccc2c(cnn2-c2ccccc2)c1.OC(c1ccc2c(cnn2-c2ccccc2)c1)(c1nccc2ccccc12)C(F)(F)F.c1ccc(-n2ncc3cc(C4(c5nccc6ccccc56)SCCCS4)ccc32)cc1.c1ccc(-n2ncc3cc(C4SCCCS4)ccc32)cc1. The number of hydrogen-bond donors (Lipinski definition) is 1. The first-order valence-electron chi connectivity index (χ1n) is 44.7. The van der Waals surface area contributed by atoms with E-state index in [9.17, 15) is 27.9 Å². The standard InChI is InChI=1S/C26H21N3S2.C24H16F3N3O.C23H15N3O.C17H16N2S2.C14H10N2O.C9H6ClN/c1-2-8-22(9-3-1)29-24-12-11-21(17-20(24)18-28-29)26(30-15-6-16-31-26)25-23-10-5-4-7-19(23)13-14-27-25;25-24(26,27)23(31,22-20-9-5-4-6-16(20)12-13-28-22)18-10-11-21-17(14-18)15-29-30(21)19-7-2-1-3-8-19;27-23(22-20-9-5-4-6-16(20)12-13-24-22)17-10-11-21-18(14-17)15-25-26(21)19-7-2-1-3-8-19;1-2-5-15(6-3-1)19-16-8-7-13(11-14(16)12-18-19)17-20-9-4-10-21-17;17-10-11-6-7-14-12(8-11)9-15-16(14)13-4-2-1-3-5-13;10-9-8-4-2-1-3-7(8)5-6-11-9/h1-5,7-14,17-18H,6,15-16H2;1-15,31H;1-15H;1-3,5-8,11-12,17H,4,9-10H2;1-10H;1-6H. The number of para-hydroxylation sites is 5. The Labute approximate surface area is 813 Å². The van der Waals surface area contributed by atoms with Gasteiger partial charge in [-0.2, -0.15) is 38.7 Å². The normalized spacial score (nSPS) is 13.5. The lowest BCUT2D eigenvalue weighted by molar-refractivity contribution is -0.249. The molecule has 14 aromatic carbocycles. The second-order valence-corrected chi connectivity index (χ2v) is 38.6. The lowest BCUT2D eigenvalue weighted by Crippen LogP contribution is -2.44. The van der Waals surface area contributed by atoms with Crippen LogP contribution in [-0.4, -0.2) is 115 Å². The number of rotatable bonds is 13. The van der Waals surface area contributed by atoms with Gasteiger partial charge in [-0.3, -0.25) is 24.5 Å². The monoisotopic (exact) mass is 1900 g/mol. The van der Waals surface area contributed by atoms with Crippen molar-refractivity contribution < 1.29 is 27.9 Å². The number of carbonyl (C=O) groups excluding carboxylic acids is 2. The molecular formula is C113H84ClF3N14O3S4. The van der Waals surface area contributed by atoms with Gasteiger partial charge in [0.15, 0.2) is 0 Å². The van der Waals surface area contributed by atoms with Crippen LogP contribution in [0.25, 0.3) is 126 Å². The van der Waals surface area contributed by atoms with Crippen LogP contribution in [0.5, 0.6) is 0 Å². The zero-order valence-corrected chi connectivity index (χ0v) is 77.9. The Morgan fingerprint density at radius 1 is 0.370 bits per heavy atom. The molecule has 11 heterocycles. The third-order valence-electron chi connectivity index (χ3n) is 24.0. The van der Waals surface area contributed by atoms with E-state index < -0.39 is 17.5 Å². The molecule has 0 bridgehead atoms. The number of hydrogen-bond acceptors (Lipinski definition) is 16. The number of fused-ring (bicyclic) bond motifs is 9. The van der Waals surface area contributed by atoms with E-state index >= 15 is 0 Å². The number of carbonyl (C=O) groups is 2. The molecule has 9 aromatic heterocycles. The number of thioether (sulfide) groups is 4. The van der Waals surface area contributed by atoms with Crippen LogP contribution in [0, 0.1) is 0 Å². The summed E-state index contributed by atoms with van der Waals surface area (Å²) in [6.45, 7) is 0. The molecule has 1 atom stereocenters. The molecule has 25 heteroatoms. The molecule has 17 nitrogen and oxygen atoms in total. The molecule has 2 fully saturated rings. The summed E-state index contributed by atoms with van der Waals surface area (Å²) in [7, 11) is 0. The van der Waals surface area contributed by atoms with E-state index in [4.69, 9.17) is 16.6 Å². The molecule has 2 aliphatic heterocycles. The van der Waals surface area contributed by atoms with Crippen LogP contribution >= 0.6 is 58.6 Å². The van der Waals surface area contributed by atoms with Gasteiger partial charge in [0.1, 0.15) is 21.2 Å². The summed E-state index contributed by atoms with van der Waals surface area (Å²) >= 11 is 14.0. The minimum atomic E-state index is -4.99. The number of ketones is 1. The minimum Gasteiger partial charge on any atom is -0.371 e. The van der Waals surface area contributed by atoms with Crippen molar-refractivity contribution in [3.63, 3.8) is 0 Å². The maximum atomic E-state index is 14.4. The van der Waals surface area contributed by atoms with Crippen LogP contribution in [0.4, 0.5) is 13.2 Å². The summed E-state index contributed by atoms with van der Waals surface area (Å²) < 4.78 is 52.9. The first-order valence-corrected chi connectivity index (χ1v) is 49.2. The molecule has 0 spiro atoms. The smallest absolute Gasteiger partial charge is 0.371 e. The molecule has 1 N–H and O–H groups in total. The van der Waals surface area contributed by atoms with Crippen molar-refractivity contribution in [3.8, 4) is 28.4 Å². The summed E-state index contributed by atoms with van der Waals surface area (Å²) in [6, 6.07) is 117. The zero-order valence-electron chi connectivity index (χ0n) is 73.9. The summed E-state index contributed by atoms with van der Waals surface area (Å²) in [5.41, 5.74) is 11.5. The predicted octanol–water partition coefficient (Wildman–Crippen LogP) is 27.4. The lowest BCUT2D eigenvalue weighted by Gasteiger charge is -2.36. The summed E-state index contributed by atoms with van der Waals surface area (Å²) in [5, 5.41) is 46.2. The van der Waals surface area contributed by atoms with Crippen LogP contribution < -0.4 is 0 Å². The molecule has 0 radical (unpaired) electrons. The van der Waals surface area contributed by atoms with Crippen molar-refractivity contribution in [2.24, 2.45) is 0 Å². The third kappa shape index (κ3) is 18.8. The van der Waals surface area contributed by atoms with Gasteiger partial charge in [0.25, 0.3) is 0 Å². The highest BCUT2D eigenvalue weighted by molar-refractivity contribution is 8.18. The average molecular weight is 1910 g/mol. The molecule has 2 saturated heterocycles. The van der Waals surface area contributed by atoms with Crippen molar-refractivity contribution >= 4 is 168 Å². The highest BCUT2D eigenvalue weighted by atomic mass is 35.5. The fourth-order valence-corrected chi connectivity index (χ4v) is 23.7. The van der Waals surface area contributed by atoms with Gasteiger partial charge in [-0.25, -0.2) is 28.4 Å². The van der Waals surface area contributed by atoms with E-state index in [0.29, 0.717) is 42.8 Å². The van der Waals surface area contributed by atoms with Crippen LogP contribution in [0.3, 0.4) is 0 Å². The van der Waals surface area contributed by atoms with Crippen LogP contribution in [0.15, 0.2) is 420 Å². The Kier molecular flexibility index (Phi) is 26.8. The highest BCUT2D eigenvalue weighted by Crippen LogP contribution is 2.56. The fraction of sp³-hybridized carbons (Fsp3) is 0.0885. The minimum absolute atomic E-state index is 0.0823. The van der Waals surface area contributed by atoms with Crippen molar-refractivity contribution in [1.82, 2.24) is 68.8 Å². The number of aromatic nitrogens is 14. The van der Waals surface area contributed by atoms with Crippen molar-refractivity contribution in [2.75, 3.05) is 23.0 Å². The van der Waals surface area contributed by atoms with Crippen molar-refractivity contribution in [3.05, 3.63) is 470 Å². The first kappa shape index (κ1) is 90.6. The summed E-state index contributed by atoms with van der Waals surface area (Å²) in [6.07, 6.45) is 14.1. The molecule has 0 amide bonds. The summed E-state index contributed by atoms with van der Waals surface area (Å²) in [4.78, 5) is 41.0. The topological polar surface area (TPSA) is 195 Å². The fourth-order valence-electron chi connectivity index (χ4n) is 17.3. The number of benzene rings is 14. The highest BCUT2D eigenvalue weighted by Gasteiger charge is 2.58. The second kappa shape index (κ2) is 40.8. The summed E-state index contributed by atoms with van der Waals surface area (Å²) in [5.74, 6) is 4.75. The van der Waals surface area contributed by atoms with Gasteiger partial charge in [0.05, 0.1) is 103 Å². The Morgan fingerprint density at radius 3 is 1.26 bits per heavy atom. The Balaban J connectivity index is 0.000000105. The Hall–Kier alpha value is -15.2. The van der Waals surface area contributed by atoms with Crippen LogP contribution in [-0.2, 0) is 9.68 Å². The molecule has 25 rings (SSSR count). The number of aldehydes is 1. The third-order valence-corrected chi connectivity index (χ3v) is 30.7. The molecule has 0 saturated carbocycles. The molecule has 1 unspecified atom stereocenters. The molecular weight excluding hydrogens is 1820 g/mol. The molecule has 676 valence electrons. The second-order valence-electron chi connectivity index (χ2n) is 32.6. The Morgan fingerprint density at radius 2 is 0.754 bits per heavy atom. The predicted molar refractivity (Wildman–Crippen MR) is 558 cm³/mol. The van der Waals surface area contributed by atoms with Gasteiger partial charge in [0, 0.05) is 84.4 Å². The maximum absolute atomic E-state index is 14.4. The van der Waals surface area contributed by atoms with Gasteiger partial charge in [-0.1, -0.05) is 218 Å². The van der Waals surface area contributed by atoms with E-state index in [1.807, 2.05) is 279 Å². The Bertz CT molecular complexity index is 8270. The van der Waals surface area contributed by atoms with E-state index in [2.05, 4.69) is 155 Å². The number of halogens is 4. The lowest BCUT2D eigenvalue weighted by atomic mass is 9.86. The van der Waals surface area contributed by atoms with E-state index in [0.717, 1.165) is 106 Å². The zero-order chi connectivity index (χ0) is 93.9. The molecule has 0 aliphatic carbocycles. The van der Waals surface area contributed by atoms with Crippen LogP contribution in [0.2, 0.25) is 5.15 Å². The molecule has 23 aromatic rings. The quantitative estimate of drug-likeness (QED) is 0.0650. The van der Waals surface area contributed by atoms with Crippen molar-refractivity contribution in [1.29, 1.82) is 0 Å². The van der Waals surface area contributed by atoms with Crippen LogP contribution in [0.1, 0.15) is 71.9 Å².